The van der Waals surface area contributed by atoms with Crippen LogP contribution in [0.1, 0.15) is 46.0 Å². The molecule has 2 aliphatic rings. The van der Waals surface area contributed by atoms with Crippen LogP contribution in [0.15, 0.2) is 58.5 Å². The van der Waals surface area contributed by atoms with Gasteiger partial charge in [0.15, 0.2) is 6.10 Å². The number of nitrogens with two attached hydrogens (primary N) is 2. The lowest BCUT2D eigenvalue weighted by molar-refractivity contribution is -0.120. The van der Waals surface area contributed by atoms with Crippen molar-refractivity contribution in [2.75, 3.05) is 14.2 Å². The molecule has 1 aliphatic carbocycles. The molecular formula is C26H35N3O7. The third kappa shape index (κ3) is 7.76. The number of carbonyl (C=O) groups excluding carboxylic acids is 4. The van der Waals surface area contributed by atoms with Gasteiger partial charge in [-0.2, -0.15) is 0 Å². The number of hydrogen-bond donors (Lipinski definition) is 3. The zero-order valence-corrected chi connectivity index (χ0v) is 21.2. The number of fused-ring (bicyclic) bond motifs is 2. The van der Waals surface area contributed by atoms with Gasteiger partial charge >= 0.3 is 6.09 Å². The van der Waals surface area contributed by atoms with E-state index in [1.165, 1.54) is 13.2 Å². The van der Waals surface area contributed by atoms with Crippen LogP contribution in [0, 0.1) is 0 Å². The van der Waals surface area contributed by atoms with Crippen LogP contribution >= 0.6 is 0 Å². The van der Waals surface area contributed by atoms with Crippen molar-refractivity contribution in [3.05, 3.63) is 58.5 Å². The van der Waals surface area contributed by atoms with E-state index in [-0.39, 0.29) is 35.1 Å². The van der Waals surface area contributed by atoms with Gasteiger partial charge in [-0.3, -0.25) is 14.4 Å². The van der Waals surface area contributed by atoms with E-state index < -0.39 is 35.8 Å². The lowest BCUT2D eigenvalue weighted by Crippen LogP contribution is -2.34. The smallest absolute Gasteiger partial charge is 0.405 e. The first-order valence-corrected chi connectivity index (χ1v) is 11.7. The van der Waals surface area contributed by atoms with E-state index >= 15 is 0 Å². The maximum atomic E-state index is 13.0. The van der Waals surface area contributed by atoms with Gasteiger partial charge in [0.2, 0.25) is 11.6 Å². The van der Waals surface area contributed by atoms with E-state index in [0.717, 1.165) is 11.6 Å². The molecule has 2 bridgehead atoms. The fraction of sp³-hybridized carbons (Fsp3) is 0.462. The molecule has 0 aromatic heterocycles. The number of methoxy groups -OCH3 is 2. The first-order chi connectivity index (χ1) is 17.1. The Labute approximate surface area is 211 Å². The topological polar surface area (TPSA) is 160 Å². The van der Waals surface area contributed by atoms with Gasteiger partial charge in [-0.25, -0.2) is 4.79 Å². The van der Waals surface area contributed by atoms with Gasteiger partial charge in [0.25, 0.3) is 5.91 Å². The van der Waals surface area contributed by atoms with E-state index in [1.807, 2.05) is 13.0 Å². The predicted molar refractivity (Wildman–Crippen MR) is 133 cm³/mol. The van der Waals surface area contributed by atoms with Gasteiger partial charge in [0, 0.05) is 31.4 Å². The third-order valence-corrected chi connectivity index (χ3v) is 6.14. The summed E-state index contributed by atoms with van der Waals surface area (Å²) in [5.74, 6) is -1.54. The second-order valence-corrected chi connectivity index (χ2v) is 8.67. The van der Waals surface area contributed by atoms with Crippen molar-refractivity contribution in [1.29, 1.82) is 0 Å². The van der Waals surface area contributed by atoms with Crippen molar-refractivity contribution >= 4 is 23.6 Å². The molecule has 1 heterocycles. The van der Waals surface area contributed by atoms with Crippen molar-refractivity contribution < 1.29 is 33.4 Å². The molecule has 0 saturated heterocycles. The second-order valence-electron chi connectivity index (χ2n) is 8.67. The summed E-state index contributed by atoms with van der Waals surface area (Å²) in [5.41, 5.74) is 12.2. The first-order valence-electron chi connectivity index (χ1n) is 11.7. The predicted octanol–water partition coefficient (Wildman–Crippen LogP) is 2.26. The Hall–Kier alpha value is -3.50. The number of ether oxygens (including phenoxy) is 3. The summed E-state index contributed by atoms with van der Waals surface area (Å²) in [4.78, 5) is 49.5. The second kappa shape index (κ2) is 13.6. The monoisotopic (exact) mass is 501 g/mol. The third-order valence-electron chi connectivity index (χ3n) is 6.14. The minimum Gasteiger partial charge on any atom is -0.439 e. The average Bonchev–Trinajstić information content (AvgIpc) is 2.83. The van der Waals surface area contributed by atoms with Gasteiger partial charge in [0.1, 0.15) is 6.10 Å². The highest BCUT2D eigenvalue weighted by Gasteiger charge is 2.28. The highest BCUT2D eigenvalue weighted by atomic mass is 16.6. The van der Waals surface area contributed by atoms with Gasteiger partial charge in [0.05, 0.1) is 17.5 Å². The van der Waals surface area contributed by atoms with Crippen LogP contribution in [0.4, 0.5) is 4.79 Å². The number of rotatable bonds is 3. The molecule has 10 nitrogen and oxygen atoms in total. The van der Waals surface area contributed by atoms with Crippen LogP contribution in [0.2, 0.25) is 0 Å². The van der Waals surface area contributed by atoms with Crippen molar-refractivity contribution in [3.8, 4) is 0 Å². The summed E-state index contributed by atoms with van der Waals surface area (Å²) in [6, 6.07) is 0. The molecule has 0 saturated carbocycles. The summed E-state index contributed by atoms with van der Waals surface area (Å²) < 4.78 is 16.4. The Morgan fingerprint density at radius 1 is 1.11 bits per heavy atom. The number of carbonyl (C=O) groups is 4. The summed E-state index contributed by atoms with van der Waals surface area (Å²) >= 11 is 0. The fourth-order valence-electron chi connectivity index (χ4n) is 4.00. The van der Waals surface area contributed by atoms with Gasteiger partial charge in [-0.1, -0.05) is 24.3 Å². The molecule has 0 aromatic rings. The van der Waals surface area contributed by atoms with E-state index in [2.05, 4.69) is 5.32 Å². The molecule has 2 rings (SSSR count). The Morgan fingerprint density at radius 2 is 1.83 bits per heavy atom. The Balaban J connectivity index is 2.42. The summed E-state index contributed by atoms with van der Waals surface area (Å²) in [7, 11) is 3.07. The van der Waals surface area contributed by atoms with Crippen molar-refractivity contribution in [1.82, 2.24) is 5.32 Å². The lowest BCUT2D eigenvalue weighted by Gasteiger charge is -2.24. The van der Waals surface area contributed by atoms with Crippen LogP contribution in [0.5, 0.6) is 0 Å². The Kier molecular flexibility index (Phi) is 10.8. The van der Waals surface area contributed by atoms with Crippen LogP contribution in [-0.4, -0.2) is 56.1 Å². The first kappa shape index (κ1) is 28.7. The minimum atomic E-state index is -0.936. The Morgan fingerprint density at radius 3 is 2.47 bits per heavy atom. The van der Waals surface area contributed by atoms with Crippen LogP contribution < -0.4 is 16.8 Å². The molecule has 0 spiro atoms. The van der Waals surface area contributed by atoms with E-state index in [0.29, 0.717) is 25.7 Å². The van der Waals surface area contributed by atoms with E-state index in [9.17, 15) is 19.2 Å². The molecule has 0 radical (unpaired) electrons. The number of primary amides is 1. The normalized spacial score (nSPS) is 28.8. The molecule has 36 heavy (non-hydrogen) atoms. The Bertz CT molecular complexity index is 1040. The summed E-state index contributed by atoms with van der Waals surface area (Å²) in [5, 5.41) is 2.51. The zero-order chi connectivity index (χ0) is 26.8. The molecule has 1 unspecified atom stereocenters. The molecule has 1 aliphatic heterocycles. The highest BCUT2D eigenvalue weighted by molar-refractivity contribution is 6.23. The number of ketones is 2. The average molecular weight is 502 g/mol. The van der Waals surface area contributed by atoms with Crippen LogP contribution in [0.25, 0.3) is 0 Å². The molecule has 0 aromatic carbocycles. The van der Waals surface area contributed by atoms with Gasteiger partial charge in [-0.15, -0.1) is 0 Å². The molecule has 10 heteroatoms. The highest BCUT2D eigenvalue weighted by Crippen LogP contribution is 2.23. The number of amides is 2. The summed E-state index contributed by atoms with van der Waals surface area (Å²) in [6.45, 7) is 3.37. The minimum absolute atomic E-state index is 0.0993. The standard InChI is InChI=1S/C26H35N3O7/c1-15-8-5-10-17(34-3)11-7-12-18-22(27)20(30)14-19(23(18)31)29-25(32)16(2)9-6-13-21(35-4)24(15)36-26(28)33/h6,8-9,13-14,17,21,24H,5,7,10-12,27H2,1-4H3,(H2,28,33)(H,29,32)/b13-6-,15-8+,16-9+/t17-,21+,24?/m1/s1. The zero-order valence-electron chi connectivity index (χ0n) is 21.2. The lowest BCUT2D eigenvalue weighted by atomic mass is 9.92. The number of hydrogen-bond acceptors (Lipinski definition) is 8. The molecular weight excluding hydrogens is 466 g/mol. The quantitative estimate of drug-likeness (QED) is 0.392. The van der Waals surface area contributed by atoms with Gasteiger partial charge in [-0.05, 0) is 51.5 Å². The molecule has 0 fully saturated rings. The SMILES string of the molecule is CO[C@@H]1CC/C=C(\C)C(OC(N)=O)[C@@H](OC)/C=C\C=C(/C)C(=O)NC2=CC(=O)C(N)=C(CCC1)C2=O. The maximum absolute atomic E-state index is 13.0. The fourth-order valence-corrected chi connectivity index (χ4v) is 4.00. The number of Topliss-reactive ketones (excluding diaryl/α,β-unsaturated/α-hetero) is 1. The number of nitrogens with one attached hydrogen (secondary N) is 1. The molecule has 5 N–H and O–H groups in total. The van der Waals surface area contributed by atoms with Crippen LogP contribution in [0.3, 0.4) is 0 Å². The van der Waals surface area contributed by atoms with Crippen molar-refractivity contribution in [2.45, 2.75) is 64.3 Å². The van der Waals surface area contributed by atoms with Crippen LogP contribution in [-0.2, 0) is 28.6 Å². The van der Waals surface area contributed by atoms with E-state index in [1.54, 1.807) is 26.2 Å². The maximum Gasteiger partial charge on any atom is 0.405 e. The van der Waals surface area contributed by atoms with Gasteiger partial charge < -0.3 is 31.0 Å². The molecule has 196 valence electrons. The molecule has 3 atom stereocenters. The van der Waals surface area contributed by atoms with Crippen molar-refractivity contribution in [2.24, 2.45) is 11.5 Å². The number of allylic oxidation sites excluding steroid dienone is 5. The van der Waals surface area contributed by atoms with E-state index in [4.69, 9.17) is 25.7 Å². The largest absolute Gasteiger partial charge is 0.439 e. The molecule has 2 amide bonds. The van der Waals surface area contributed by atoms with Crippen molar-refractivity contribution in [3.63, 3.8) is 0 Å². The summed E-state index contributed by atoms with van der Waals surface area (Å²) in [6.07, 6.45) is 7.99.